The number of aromatic nitrogens is 2. The first kappa shape index (κ1) is 13.6. The number of benzene rings is 1. The third-order valence-electron chi connectivity index (χ3n) is 2.39. The van der Waals surface area contributed by atoms with Crippen LogP contribution in [0.5, 0.6) is 17.4 Å². The lowest BCUT2D eigenvalue weighted by Crippen LogP contribution is -2.11. The molecule has 7 heteroatoms. The van der Waals surface area contributed by atoms with Gasteiger partial charge in [-0.25, -0.2) is 4.98 Å². The quantitative estimate of drug-likeness (QED) is 0.882. The fourth-order valence-corrected chi connectivity index (χ4v) is 1.58. The van der Waals surface area contributed by atoms with E-state index in [-0.39, 0.29) is 17.5 Å². The van der Waals surface area contributed by atoms with Gasteiger partial charge in [-0.3, -0.25) is 9.59 Å². The van der Waals surface area contributed by atoms with Crippen LogP contribution in [0.4, 0.5) is 5.69 Å². The number of rotatable bonds is 4. The molecule has 0 fully saturated rings. The maximum absolute atomic E-state index is 11.6. The van der Waals surface area contributed by atoms with Gasteiger partial charge in [0.15, 0.2) is 5.75 Å². The summed E-state index contributed by atoms with van der Waals surface area (Å²) in [5.74, 6) is 0.116. The fraction of sp³-hybridized carbons (Fsp3) is 0.154. The highest BCUT2D eigenvalue weighted by Gasteiger charge is 2.13. The Hall–Kier alpha value is -2.83. The van der Waals surface area contributed by atoms with Crippen LogP contribution in [0.3, 0.4) is 0 Å². The van der Waals surface area contributed by atoms with E-state index in [0.29, 0.717) is 11.4 Å². The molecule has 1 amide bonds. The molecule has 0 atom stereocenters. The summed E-state index contributed by atoms with van der Waals surface area (Å²) in [7, 11) is 1.35. The molecule has 2 N–H and O–H groups in total. The van der Waals surface area contributed by atoms with E-state index in [1.54, 1.807) is 24.3 Å². The standard InChI is InChI=1S/C13H13N3O4/c1-8(17)16-9-5-3-4-6-10(9)20-13-11(19-2)12(18)14-7-15-13/h3-7H,1-2H3,(H,16,17)(H,14,15,18). The maximum Gasteiger partial charge on any atom is 0.297 e. The molecular formula is C13H13N3O4. The van der Waals surface area contributed by atoms with Gasteiger partial charge in [-0.1, -0.05) is 12.1 Å². The van der Waals surface area contributed by atoms with Crippen LogP contribution in [-0.2, 0) is 4.79 Å². The number of aromatic amines is 1. The fourth-order valence-electron chi connectivity index (χ4n) is 1.58. The zero-order chi connectivity index (χ0) is 14.5. The van der Waals surface area contributed by atoms with Crippen LogP contribution >= 0.6 is 0 Å². The summed E-state index contributed by atoms with van der Waals surface area (Å²) in [4.78, 5) is 29.0. The van der Waals surface area contributed by atoms with Crippen LogP contribution in [0.15, 0.2) is 35.4 Å². The molecular weight excluding hydrogens is 262 g/mol. The lowest BCUT2D eigenvalue weighted by Gasteiger charge is -2.11. The first-order valence-electron chi connectivity index (χ1n) is 5.78. The number of H-pyrrole nitrogens is 1. The molecule has 0 aliphatic carbocycles. The summed E-state index contributed by atoms with van der Waals surface area (Å²) < 4.78 is 10.5. The number of nitrogens with zero attached hydrogens (tertiary/aromatic N) is 1. The number of hydrogen-bond donors (Lipinski definition) is 2. The van der Waals surface area contributed by atoms with E-state index in [4.69, 9.17) is 9.47 Å². The van der Waals surface area contributed by atoms with Gasteiger partial charge in [0.2, 0.25) is 11.7 Å². The van der Waals surface area contributed by atoms with Gasteiger partial charge in [0.25, 0.3) is 11.4 Å². The minimum atomic E-state index is -0.450. The zero-order valence-corrected chi connectivity index (χ0v) is 11.0. The highest BCUT2D eigenvalue weighted by Crippen LogP contribution is 2.31. The number of para-hydroxylation sites is 2. The van der Waals surface area contributed by atoms with Gasteiger partial charge in [0.05, 0.1) is 19.1 Å². The average Bonchev–Trinajstić information content (AvgIpc) is 2.41. The van der Waals surface area contributed by atoms with E-state index in [1.807, 2.05) is 0 Å². The van der Waals surface area contributed by atoms with Gasteiger partial charge in [-0.15, -0.1) is 0 Å². The van der Waals surface area contributed by atoms with Crippen LogP contribution in [0.1, 0.15) is 6.92 Å². The van der Waals surface area contributed by atoms with Crippen molar-refractivity contribution in [2.45, 2.75) is 6.92 Å². The number of anilines is 1. The van der Waals surface area contributed by atoms with E-state index in [2.05, 4.69) is 15.3 Å². The normalized spacial score (nSPS) is 9.90. The molecule has 7 nitrogen and oxygen atoms in total. The Bertz CT molecular complexity index is 681. The molecule has 0 bridgehead atoms. The topological polar surface area (TPSA) is 93.3 Å². The van der Waals surface area contributed by atoms with Crippen molar-refractivity contribution in [3.05, 3.63) is 40.9 Å². The van der Waals surface area contributed by atoms with E-state index in [1.165, 1.54) is 20.4 Å². The molecule has 2 aromatic rings. The minimum absolute atomic E-state index is 0.0223. The second kappa shape index (κ2) is 5.87. The van der Waals surface area contributed by atoms with E-state index in [0.717, 1.165) is 0 Å². The van der Waals surface area contributed by atoms with Crippen molar-refractivity contribution in [2.24, 2.45) is 0 Å². The Morgan fingerprint density at radius 2 is 2.10 bits per heavy atom. The lowest BCUT2D eigenvalue weighted by atomic mass is 10.3. The van der Waals surface area contributed by atoms with Crippen molar-refractivity contribution in [1.29, 1.82) is 0 Å². The number of methoxy groups -OCH3 is 1. The van der Waals surface area contributed by atoms with Gasteiger partial charge in [-0.2, -0.15) is 0 Å². The van der Waals surface area contributed by atoms with E-state index >= 15 is 0 Å². The molecule has 0 saturated carbocycles. The number of hydrogen-bond acceptors (Lipinski definition) is 5. The van der Waals surface area contributed by atoms with Crippen LogP contribution < -0.4 is 20.3 Å². The molecule has 0 aliphatic rings. The van der Waals surface area contributed by atoms with Crippen LogP contribution in [0, 0.1) is 0 Å². The first-order chi connectivity index (χ1) is 9.61. The second-order valence-electron chi connectivity index (χ2n) is 3.85. The van der Waals surface area contributed by atoms with Crippen molar-refractivity contribution in [3.63, 3.8) is 0 Å². The summed E-state index contributed by atoms with van der Waals surface area (Å²) in [6.45, 7) is 1.39. The van der Waals surface area contributed by atoms with Crippen molar-refractivity contribution >= 4 is 11.6 Å². The Labute approximate surface area is 114 Å². The lowest BCUT2D eigenvalue weighted by molar-refractivity contribution is -0.114. The number of carbonyl (C=O) groups excluding carboxylic acids is 1. The molecule has 1 aromatic carbocycles. The van der Waals surface area contributed by atoms with E-state index < -0.39 is 5.56 Å². The molecule has 0 unspecified atom stereocenters. The van der Waals surface area contributed by atoms with Gasteiger partial charge >= 0.3 is 0 Å². The molecule has 1 aromatic heterocycles. The van der Waals surface area contributed by atoms with Gasteiger partial charge in [0, 0.05) is 6.92 Å². The van der Waals surface area contributed by atoms with Crippen molar-refractivity contribution < 1.29 is 14.3 Å². The molecule has 20 heavy (non-hydrogen) atoms. The Kier molecular flexibility index (Phi) is 3.99. The first-order valence-corrected chi connectivity index (χ1v) is 5.78. The second-order valence-corrected chi connectivity index (χ2v) is 3.85. The maximum atomic E-state index is 11.6. The summed E-state index contributed by atoms with van der Waals surface area (Å²) in [5, 5.41) is 2.63. The van der Waals surface area contributed by atoms with Gasteiger partial charge in [-0.05, 0) is 12.1 Å². The molecule has 0 spiro atoms. The summed E-state index contributed by atoms with van der Waals surface area (Å²) in [6.07, 6.45) is 1.21. The largest absolute Gasteiger partial charge is 0.487 e. The molecule has 1 heterocycles. The smallest absolute Gasteiger partial charge is 0.297 e. The van der Waals surface area contributed by atoms with Crippen LogP contribution in [-0.4, -0.2) is 23.0 Å². The zero-order valence-electron chi connectivity index (χ0n) is 11.0. The number of nitrogens with one attached hydrogen (secondary N) is 2. The van der Waals surface area contributed by atoms with Crippen molar-refractivity contribution in [1.82, 2.24) is 9.97 Å². The Balaban J connectivity index is 2.38. The average molecular weight is 275 g/mol. The third kappa shape index (κ3) is 2.94. The van der Waals surface area contributed by atoms with Crippen LogP contribution in [0.2, 0.25) is 0 Å². The van der Waals surface area contributed by atoms with Crippen LogP contribution in [0.25, 0.3) is 0 Å². The Morgan fingerprint density at radius 1 is 1.35 bits per heavy atom. The number of amides is 1. The van der Waals surface area contributed by atoms with E-state index in [9.17, 15) is 9.59 Å². The monoisotopic (exact) mass is 275 g/mol. The highest BCUT2D eigenvalue weighted by atomic mass is 16.5. The molecule has 0 aliphatic heterocycles. The SMILES string of the molecule is COc1c(Oc2ccccc2NC(C)=O)nc[nH]c1=O. The third-order valence-corrected chi connectivity index (χ3v) is 2.39. The molecule has 0 saturated heterocycles. The molecule has 104 valence electrons. The van der Waals surface area contributed by atoms with Crippen molar-refractivity contribution in [2.75, 3.05) is 12.4 Å². The predicted molar refractivity (Wildman–Crippen MR) is 72.2 cm³/mol. The Morgan fingerprint density at radius 3 is 2.80 bits per heavy atom. The highest BCUT2D eigenvalue weighted by molar-refractivity contribution is 5.90. The van der Waals surface area contributed by atoms with Crippen molar-refractivity contribution in [3.8, 4) is 17.4 Å². The van der Waals surface area contributed by atoms with Gasteiger partial charge < -0.3 is 19.8 Å². The number of carbonyl (C=O) groups is 1. The number of ether oxygens (including phenoxy) is 2. The summed E-state index contributed by atoms with van der Waals surface area (Å²) in [6, 6.07) is 6.81. The predicted octanol–water partition coefficient (Wildman–Crippen LogP) is 1.53. The summed E-state index contributed by atoms with van der Waals surface area (Å²) >= 11 is 0. The van der Waals surface area contributed by atoms with Gasteiger partial charge in [0.1, 0.15) is 0 Å². The molecule has 0 radical (unpaired) electrons. The molecule has 2 rings (SSSR count). The minimum Gasteiger partial charge on any atom is -0.487 e. The summed E-state index contributed by atoms with van der Waals surface area (Å²) in [5.41, 5.74) is 0.0265.